The van der Waals surface area contributed by atoms with Gasteiger partial charge in [-0.3, -0.25) is 0 Å². The molecule has 0 fully saturated rings. The predicted molar refractivity (Wildman–Crippen MR) is 81.7 cm³/mol. The number of fused-ring (bicyclic) bond motifs is 1. The van der Waals surface area contributed by atoms with E-state index < -0.39 is 0 Å². The second-order valence-corrected chi connectivity index (χ2v) is 6.60. The molecule has 0 spiro atoms. The van der Waals surface area contributed by atoms with Crippen LogP contribution in [0.15, 0.2) is 30.6 Å². The minimum Gasteiger partial charge on any atom is -0.368 e. The Morgan fingerprint density at radius 2 is 1.95 bits per heavy atom. The quantitative estimate of drug-likeness (QED) is 0.856. The fourth-order valence-corrected chi connectivity index (χ4v) is 2.63. The van der Waals surface area contributed by atoms with E-state index in [1.54, 1.807) is 6.33 Å². The van der Waals surface area contributed by atoms with E-state index >= 15 is 0 Å². The number of hydrogen-bond donors (Lipinski definition) is 1. The van der Waals surface area contributed by atoms with Crippen LogP contribution < -0.4 is 5.32 Å². The lowest BCUT2D eigenvalue weighted by atomic mass is 9.90. The van der Waals surface area contributed by atoms with Crippen molar-refractivity contribution in [1.82, 2.24) is 9.97 Å². The molecule has 1 heterocycles. The molecule has 0 aliphatic heterocycles. The fourth-order valence-electron chi connectivity index (χ4n) is 2.09. The van der Waals surface area contributed by atoms with Gasteiger partial charge < -0.3 is 5.32 Å². The smallest absolute Gasteiger partial charge is 0.137 e. The van der Waals surface area contributed by atoms with Gasteiger partial charge in [-0.15, -0.1) is 11.6 Å². The Balaban J connectivity index is 2.06. The lowest BCUT2D eigenvalue weighted by Gasteiger charge is -2.22. The number of benzene rings is 1. The normalized spacial score (nSPS) is 13.5. The third-order valence-corrected chi connectivity index (χ3v) is 3.18. The molecule has 3 nitrogen and oxygen atoms in total. The highest BCUT2D eigenvalue weighted by atomic mass is 35.5. The van der Waals surface area contributed by atoms with Gasteiger partial charge in [0.15, 0.2) is 0 Å². The molecule has 0 saturated heterocycles. The molecule has 0 saturated carbocycles. The second-order valence-electron chi connectivity index (χ2n) is 5.98. The van der Waals surface area contributed by atoms with E-state index in [9.17, 15) is 0 Å². The maximum Gasteiger partial charge on any atom is 0.137 e. The van der Waals surface area contributed by atoms with Crippen molar-refractivity contribution in [2.24, 2.45) is 5.41 Å². The highest BCUT2D eigenvalue weighted by Gasteiger charge is 2.17. The Morgan fingerprint density at radius 1 is 1.21 bits per heavy atom. The molecule has 0 radical (unpaired) electrons. The Morgan fingerprint density at radius 3 is 2.68 bits per heavy atom. The zero-order valence-electron chi connectivity index (χ0n) is 11.7. The molecule has 0 amide bonds. The van der Waals surface area contributed by atoms with Crippen LogP contribution in [0, 0.1) is 5.41 Å². The van der Waals surface area contributed by atoms with Crippen molar-refractivity contribution in [2.75, 3.05) is 11.9 Å². The zero-order chi connectivity index (χ0) is 13.9. The summed E-state index contributed by atoms with van der Waals surface area (Å²) >= 11 is 6.36. The van der Waals surface area contributed by atoms with Crippen molar-refractivity contribution >= 4 is 28.3 Å². The minimum absolute atomic E-state index is 0.0914. The van der Waals surface area contributed by atoms with Crippen LogP contribution in [0.2, 0.25) is 0 Å². The SMILES string of the molecule is CC(C)(C)CC(Cl)CNc1ncnc2ccccc12. The first-order valence-corrected chi connectivity index (χ1v) is 6.97. The molecule has 19 heavy (non-hydrogen) atoms. The largest absolute Gasteiger partial charge is 0.368 e. The Labute approximate surface area is 119 Å². The Kier molecular flexibility index (Phi) is 4.25. The predicted octanol–water partition coefficient (Wildman–Crippen LogP) is 4.09. The van der Waals surface area contributed by atoms with Crippen molar-refractivity contribution in [1.29, 1.82) is 0 Å². The molecule has 2 rings (SSSR count). The van der Waals surface area contributed by atoms with Gasteiger partial charge in [-0.2, -0.15) is 0 Å². The number of hydrogen-bond acceptors (Lipinski definition) is 3. The summed E-state index contributed by atoms with van der Waals surface area (Å²) in [5, 5.41) is 4.45. The zero-order valence-corrected chi connectivity index (χ0v) is 12.4. The Bertz CT molecular complexity index is 543. The monoisotopic (exact) mass is 277 g/mol. The topological polar surface area (TPSA) is 37.8 Å². The van der Waals surface area contributed by atoms with Crippen LogP contribution in [0.1, 0.15) is 27.2 Å². The molecular weight excluding hydrogens is 258 g/mol. The first-order chi connectivity index (χ1) is 8.96. The number of nitrogens with zero attached hydrogens (tertiary/aromatic N) is 2. The number of aromatic nitrogens is 2. The lowest BCUT2D eigenvalue weighted by molar-refractivity contribution is 0.373. The van der Waals surface area contributed by atoms with Crippen LogP contribution in [0.4, 0.5) is 5.82 Å². The summed E-state index contributed by atoms with van der Waals surface area (Å²) in [5.41, 5.74) is 1.18. The van der Waals surface area contributed by atoms with Crippen LogP contribution in [0.3, 0.4) is 0 Å². The van der Waals surface area contributed by atoms with Crippen molar-refractivity contribution in [3.8, 4) is 0 Å². The Hall–Kier alpha value is -1.35. The highest BCUT2D eigenvalue weighted by Crippen LogP contribution is 2.24. The van der Waals surface area contributed by atoms with Gasteiger partial charge in [0.2, 0.25) is 0 Å². The fraction of sp³-hybridized carbons (Fsp3) is 0.467. The van der Waals surface area contributed by atoms with Gasteiger partial charge in [0, 0.05) is 11.9 Å². The first kappa shape index (κ1) is 14.1. The van der Waals surface area contributed by atoms with Crippen molar-refractivity contribution in [3.63, 3.8) is 0 Å². The van der Waals surface area contributed by atoms with Crippen LogP contribution >= 0.6 is 11.6 Å². The molecule has 1 unspecified atom stereocenters. The summed E-state index contributed by atoms with van der Waals surface area (Å²) in [6, 6.07) is 7.97. The molecular formula is C15H20ClN3. The third-order valence-electron chi connectivity index (χ3n) is 2.87. The summed E-state index contributed by atoms with van der Waals surface area (Å²) in [6.07, 6.45) is 2.54. The summed E-state index contributed by atoms with van der Waals surface area (Å²) in [6.45, 7) is 7.30. The van der Waals surface area contributed by atoms with E-state index in [1.165, 1.54) is 0 Å². The van der Waals surface area contributed by atoms with E-state index in [-0.39, 0.29) is 10.8 Å². The molecule has 1 aromatic heterocycles. The second kappa shape index (κ2) is 5.74. The maximum atomic E-state index is 6.36. The molecule has 1 N–H and O–H groups in total. The van der Waals surface area contributed by atoms with Crippen molar-refractivity contribution in [2.45, 2.75) is 32.6 Å². The van der Waals surface area contributed by atoms with E-state index in [1.807, 2.05) is 24.3 Å². The van der Waals surface area contributed by atoms with Gasteiger partial charge in [0.25, 0.3) is 0 Å². The van der Waals surface area contributed by atoms with Gasteiger partial charge >= 0.3 is 0 Å². The van der Waals surface area contributed by atoms with Gasteiger partial charge in [0.05, 0.1) is 10.9 Å². The van der Waals surface area contributed by atoms with Crippen LogP contribution in [0.5, 0.6) is 0 Å². The van der Waals surface area contributed by atoms with Gasteiger partial charge in [-0.25, -0.2) is 9.97 Å². The average molecular weight is 278 g/mol. The van der Waals surface area contributed by atoms with E-state index in [0.717, 1.165) is 23.1 Å². The van der Waals surface area contributed by atoms with Crippen LogP contribution in [0.25, 0.3) is 10.9 Å². The van der Waals surface area contributed by atoms with Gasteiger partial charge in [-0.1, -0.05) is 32.9 Å². The number of alkyl halides is 1. The van der Waals surface area contributed by atoms with Crippen molar-refractivity contribution in [3.05, 3.63) is 30.6 Å². The summed E-state index contributed by atoms with van der Waals surface area (Å²) in [5.74, 6) is 0.852. The van der Waals surface area contributed by atoms with Crippen LogP contribution in [-0.4, -0.2) is 21.9 Å². The molecule has 2 aromatic rings. The molecule has 1 atom stereocenters. The summed E-state index contributed by atoms with van der Waals surface area (Å²) in [7, 11) is 0. The summed E-state index contributed by atoms with van der Waals surface area (Å²) in [4.78, 5) is 8.54. The molecule has 0 bridgehead atoms. The number of halogens is 1. The molecule has 102 valence electrons. The minimum atomic E-state index is 0.0914. The van der Waals surface area contributed by atoms with E-state index in [4.69, 9.17) is 11.6 Å². The molecule has 1 aromatic carbocycles. The standard InChI is InChI=1S/C15H20ClN3/c1-15(2,3)8-11(16)9-17-14-12-6-4-5-7-13(12)18-10-19-14/h4-7,10-11H,8-9H2,1-3H3,(H,17,18,19). The molecule has 4 heteroatoms. The van der Waals surface area contributed by atoms with E-state index in [2.05, 4.69) is 36.1 Å². The number of rotatable bonds is 4. The van der Waals surface area contributed by atoms with Gasteiger partial charge in [0.1, 0.15) is 12.1 Å². The van der Waals surface area contributed by atoms with Crippen molar-refractivity contribution < 1.29 is 0 Å². The third kappa shape index (κ3) is 4.06. The lowest BCUT2D eigenvalue weighted by Crippen LogP contribution is -2.21. The van der Waals surface area contributed by atoms with E-state index in [0.29, 0.717) is 6.54 Å². The maximum absolute atomic E-state index is 6.36. The average Bonchev–Trinajstić information content (AvgIpc) is 2.34. The molecule has 0 aliphatic carbocycles. The first-order valence-electron chi connectivity index (χ1n) is 6.53. The highest BCUT2D eigenvalue weighted by molar-refractivity contribution is 6.21. The summed E-state index contributed by atoms with van der Waals surface area (Å²) < 4.78 is 0. The van der Waals surface area contributed by atoms with Crippen LogP contribution in [-0.2, 0) is 0 Å². The van der Waals surface area contributed by atoms with Gasteiger partial charge in [-0.05, 0) is 24.0 Å². The number of nitrogens with one attached hydrogen (secondary N) is 1. The number of anilines is 1. The number of para-hydroxylation sites is 1. The molecule has 0 aliphatic rings.